The molecule has 0 aliphatic carbocycles. The molecule has 0 bridgehead atoms. The van der Waals surface area contributed by atoms with Gasteiger partial charge in [0.2, 0.25) is 17.8 Å². The second-order valence-electron chi connectivity index (χ2n) is 7.79. The number of rotatable bonds is 9. The number of nitrogens with zero attached hydrogens (tertiary/aromatic N) is 6. The third-order valence-electron chi connectivity index (χ3n) is 5.26. The first-order valence-electron chi connectivity index (χ1n) is 11.3. The van der Waals surface area contributed by atoms with Crippen LogP contribution in [0, 0.1) is 10.1 Å². The molecule has 1 fully saturated rings. The molecule has 3 N–H and O–H groups in total. The quantitative estimate of drug-likeness (QED) is 0.233. The van der Waals surface area contributed by atoms with Gasteiger partial charge >= 0.3 is 0 Å². The van der Waals surface area contributed by atoms with Crippen LogP contribution in [-0.2, 0) is 0 Å². The van der Waals surface area contributed by atoms with Crippen molar-refractivity contribution in [1.82, 2.24) is 15.0 Å². The van der Waals surface area contributed by atoms with E-state index in [2.05, 4.69) is 35.7 Å². The Hall–Kier alpha value is -4.48. The summed E-state index contributed by atoms with van der Waals surface area (Å²) in [5, 5.41) is 28.2. The molecule has 1 saturated heterocycles. The number of aromatic nitrogens is 3. The molecular formula is C23H26N8O4. The van der Waals surface area contributed by atoms with Gasteiger partial charge in [-0.05, 0) is 62.1 Å². The number of aromatic hydroxyl groups is 1. The summed E-state index contributed by atoms with van der Waals surface area (Å²) in [6, 6.07) is 11.0. The average molecular weight is 479 g/mol. The first kappa shape index (κ1) is 23.7. The summed E-state index contributed by atoms with van der Waals surface area (Å²) in [4.78, 5) is 26.0. The van der Waals surface area contributed by atoms with E-state index < -0.39 is 4.92 Å². The zero-order valence-electron chi connectivity index (χ0n) is 19.2. The molecule has 12 nitrogen and oxygen atoms in total. The van der Waals surface area contributed by atoms with Crippen molar-refractivity contribution in [3.05, 3.63) is 58.1 Å². The normalized spacial score (nSPS) is 13.6. The monoisotopic (exact) mass is 478 g/mol. The molecule has 1 aromatic heterocycles. The van der Waals surface area contributed by atoms with Crippen LogP contribution in [0.3, 0.4) is 0 Å². The summed E-state index contributed by atoms with van der Waals surface area (Å²) >= 11 is 0. The van der Waals surface area contributed by atoms with E-state index in [1.54, 1.807) is 30.3 Å². The molecule has 0 amide bonds. The molecule has 182 valence electrons. The number of ether oxygens (including phenoxy) is 1. The van der Waals surface area contributed by atoms with Gasteiger partial charge in [0.15, 0.2) is 11.5 Å². The minimum atomic E-state index is -0.453. The van der Waals surface area contributed by atoms with E-state index in [1.807, 2.05) is 6.92 Å². The highest BCUT2D eigenvalue weighted by atomic mass is 16.6. The van der Waals surface area contributed by atoms with Gasteiger partial charge in [0.1, 0.15) is 0 Å². The highest BCUT2D eigenvalue weighted by molar-refractivity contribution is 5.81. The Morgan fingerprint density at radius 2 is 1.86 bits per heavy atom. The van der Waals surface area contributed by atoms with Gasteiger partial charge in [-0.1, -0.05) is 0 Å². The Labute approximate surface area is 201 Å². The zero-order chi connectivity index (χ0) is 24.6. The molecule has 4 rings (SSSR count). The number of nitro groups is 1. The average Bonchev–Trinajstić information content (AvgIpc) is 2.86. The third-order valence-corrected chi connectivity index (χ3v) is 5.26. The molecule has 0 radical (unpaired) electrons. The number of hydrazone groups is 1. The number of phenolic OH excluding ortho intramolecular Hbond substituents is 1. The van der Waals surface area contributed by atoms with Crippen molar-refractivity contribution in [3.8, 4) is 11.5 Å². The Morgan fingerprint density at radius 1 is 1.11 bits per heavy atom. The van der Waals surface area contributed by atoms with Crippen LogP contribution in [0.2, 0.25) is 0 Å². The van der Waals surface area contributed by atoms with Crippen LogP contribution < -0.4 is 20.4 Å². The lowest BCUT2D eigenvalue weighted by molar-refractivity contribution is -0.384. The van der Waals surface area contributed by atoms with Crippen LogP contribution in [0.1, 0.15) is 31.7 Å². The summed E-state index contributed by atoms with van der Waals surface area (Å²) in [6.45, 7) is 3.98. The number of piperidine rings is 1. The van der Waals surface area contributed by atoms with E-state index in [1.165, 1.54) is 24.8 Å². The lowest BCUT2D eigenvalue weighted by atomic mass is 10.1. The second-order valence-corrected chi connectivity index (χ2v) is 7.79. The first-order chi connectivity index (χ1) is 17.0. The topological polar surface area (TPSA) is 151 Å². The largest absolute Gasteiger partial charge is 0.504 e. The van der Waals surface area contributed by atoms with Crippen molar-refractivity contribution in [2.24, 2.45) is 5.10 Å². The fourth-order valence-corrected chi connectivity index (χ4v) is 3.56. The lowest BCUT2D eigenvalue weighted by Gasteiger charge is -2.26. The number of anilines is 4. The van der Waals surface area contributed by atoms with E-state index in [0.29, 0.717) is 29.6 Å². The minimum absolute atomic E-state index is 0.00257. The number of hydrogen-bond acceptors (Lipinski definition) is 11. The highest BCUT2D eigenvalue weighted by Gasteiger charge is 2.16. The number of phenols is 1. The molecule has 0 spiro atoms. The molecule has 2 aromatic carbocycles. The summed E-state index contributed by atoms with van der Waals surface area (Å²) in [5.74, 6) is 1.46. The van der Waals surface area contributed by atoms with E-state index in [-0.39, 0.29) is 23.3 Å². The van der Waals surface area contributed by atoms with Gasteiger partial charge in [-0.3, -0.25) is 10.1 Å². The number of non-ortho nitro benzene ring substituents is 1. The van der Waals surface area contributed by atoms with E-state index >= 15 is 0 Å². The summed E-state index contributed by atoms with van der Waals surface area (Å²) in [6.07, 6.45) is 4.81. The van der Waals surface area contributed by atoms with E-state index in [9.17, 15) is 15.2 Å². The second kappa shape index (κ2) is 11.1. The summed E-state index contributed by atoms with van der Waals surface area (Å²) < 4.78 is 5.33. The van der Waals surface area contributed by atoms with Crippen LogP contribution in [0.25, 0.3) is 0 Å². The van der Waals surface area contributed by atoms with Gasteiger partial charge in [-0.2, -0.15) is 20.1 Å². The number of hydrogen-bond donors (Lipinski definition) is 3. The maximum absolute atomic E-state index is 10.9. The molecule has 0 atom stereocenters. The molecule has 35 heavy (non-hydrogen) atoms. The standard InChI is InChI=1S/C23H26N8O4/c1-2-35-20-11-6-16(14-19(20)32)15-24-29-22-26-21(25-17-7-9-18(10-8-17)31(33)34)27-23(28-22)30-12-4-3-5-13-30/h6-11,14-15,32H,2-5,12-13H2,1H3,(H2,25,26,27,28,29). The van der Waals surface area contributed by atoms with Crippen molar-refractivity contribution in [2.75, 3.05) is 35.3 Å². The summed E-state index contributed by atoms with van der Waals surface area (Å²) in [5.41, 5.74) is 4.08. The minimum Gasteiger partial charge on any atom is -0.504 e. The van der Waals surface area contributed by atoms with Crippen LogP contribution in [0.15, 0.2) is 47.6 Å². The molecule has 1 aliphatic heterocycles. The SMILES string of the molecule is CCOc1ccc(C=NNc2nc(Nc3ccc([N+](=O)[O-])cc3)nc(N3CCCCC3)n2)cc1O. The predicted molar refractivity (Wildman–Crippen MR) is 133 cm³/mol. The molecule has 1 aliphatic rings. The number of nitro benzene ring substituents is 1. The molecular weight excluding hydrogens is 452 g/mol. The Morgan fingerprint density at radius 3 is 2.54 bits per heavy atom. The van der Waals surface area contributed by atoms with E-state index in [4.69, 9.17) is 4.74 Å². The molecule has 12 heteroatoms. The fourth-order valence-electron chi connectivity index (χ4n) is 3.56. The van der Waals surface area contributed by atoms with Crippen molar-refractivity contribution in [1.29, 1.82) is 0 Å². The lowest BCUT2D eigenvalue weighted by Crippen LogP contribution is -2.31. The fraction of sp³-hybridized carbons (Fsp3) is 0.304. The molecule has 0 unspecified atom stereocenters. The number of nitrogens with one attached hydrogen (secondary N) is 2. The van der Waals surface area contributed by atoms with Crippen molar-refractivity contribution in [3.63, 3.8) is 0 Å². The van der Waals surface area contributed by atoms with Crippen molar-refractivity contribution in [2.45, 2.75) is 26.2 Å². The maximum atomic E-state index is 10.9. The Balaban J connectivity index is 1.53. The van der Waals surface area contributed by atoms with Gasteiger partial charge in [-0.15, -0.1) is 0 Å². The smallest absolute Gasteiger partial charge is 0.269 e. The predicted octanol–water partition coefficient (Wildman–Crippen LogP) is 4.06. The number of benzene rings is 2. The van der Waals surface area contributed by atoms with Gasteiger partial charge in [-0.25, -0.2) is 5.43 Å². The van der Waals surface area contributed by atoms with Gasteiger partial charge < -0.3 is 20.1 Å². The van der Waals surface area contributed by atoms with Crippen LogP contribution in [-0.4, -0.2) is 50.9 Å². The van der Waals surface area contributed by atoms with Crippen LogP contribution in [0.4, 0.5) is 29.2 Å². The Bertz CT molecular complexity index is 1200. The molecule has 0 saturated carbocycles. The maximum Gasteiger partial charge on any atom is 0.269 e. The zero-order valence-corrected chi connectivity index (χ0v) is 19.2. The van der Waals surface area contributed by atoms with Crippen molar-refractivity contribution >= 4 is 35.4 Å². The molecule has 2 heterocycles. The third kappa shape index (κ3) is 6.31. The van der Waals surface area contributed by atoms with Crippen LogP contribution >= 0.6 is 0 Å². The van der Waals surface area contributed by atoms with Gasteiger partial charge in [0.05, 0.1) is 17.7 Å². The van der Waals surface area contributed by atoms with E-state index in [0.717, 1.165) is 25.9 Å². The van der Waals surface area contributed by atoms with Gasteiger partial charge in [0, 0.05) is 30.9 Å². The van der Waals surface area contributed by atoms with Crippen LogP contribution in [0.5, 0.6) is 11.5 Å². The van der Waals surface area contributed by atoms with Gasteiger partial charge in [0.25, 0.3) is 5.69 Å². The summed E-state index contributed by atoms with van der Waals surface area (Å²) in [7, 11) is 0. The molecule has 3 aromatic rings. The van der Waals surface area contributed by atoms with Crippen molar-refractivity contribution < 1.29 is 14.8 Å². The Kier molecular flexibility index (Phi) is 7.50. The first-order valence-corrected chi connectivity index (χ1v) is 11.3. The highest BCUT2D eigenvalue weighted by Crippen LogP contribution is 2.26.